The summed E-state index contributed by atoms with van der Waals surface area (Å²) in [6.07, 6.45) is 0. The number of benzene rings is 2. The van der Waals surface area contributed by atoms with Crippen LogP contribution in [-0.4, -0.2) is 38.2 Å². The molecule has 0 aliphatic carbocycles. The van der Waals surface area contributed by atoms with Gasteiger partial charge in [-0.3, -0.25) is 14.5 Å². The van der Waals surface area contributed by atoms with Crippen LogP contribution in [0.1, 0.15) is 26.3 Å². The molecule has 1 heterocycles. The second-order valence-electron chi connectivity index (χ2n) is 5.73. The fourth-order valence-electron chi connectivity index (χ4n) is 2.78. The molecule has 1 N–H and O–H groups in total. The molecule has 1 aliphatic rings. The molecule has 2 aromatic rings. The second kappa shape index (κ2) is 6.58. The number of aryl methyl sites for hydroxylation is 1. The van der Waals surface area contributed by atoms with Crippen molar-refractivity contribution in [2.24, 2.45) is 0 Å². The zero-order valence-corrected chi connectivity index (χ0v) is 14.4. The van der Waals surface area contributed by atoms with Crippen LogP contribution in [0.3, 0.4) is 0 Å². The van der Waals surface area contributed by atoms with Crippen LogP contribution in [-0.2, 0) is 10.0 Å². The van der Waals surface area contributed by atoms with Gasteiger partial charge < -0.3 is 0 Å². The number of nitrogens with zero attached hydrogens (tertiary/aromatic N) is 1. The van der Waals surface area contributed by atoms with E-state index in [4.69, 9.17) is 0 Å². The second-order valence-corrected chi connectivity index (χ2v) is 7.47. The van der Waals surface area contributed by atoms with Crippen molar-refractivity contribution in [3.8, 4) is 0 Å². The summed E-state index contributed by atoms with van der Waals surface area (Å²) in [5.41, 5.74) is -0.137. The first-order chi connectivity index (χ1) is 12.2. The van der Waals surface area contributed by atoms with Crippen LogP contribution in [0.4, 0.5) is 8.78 Å². The standard InChI is InChI=1S/C17H14F2N2O4S/c1-10-9-11(18)5-6-14(10)26(24,25)20-7-8-21-16(22)12-3-2-4-13(19)15(12)17(21)23/h2-6,9,20H,7-8H2,1H3. The van der Waals surface area contributed by atoms with Crippen molar-refractivity contribution in [2.45, 2.75) is 11.8 Å². The Bertz CT molecular complexity index is 1020. The fourth-order valence-corrected chi connectivity index (χ4v) is 4.02. The Morgan fingerprint density at radius 1 is 1.08 bits per heavy atom. The number of fused-ring (bicyclic) bond motifs is 1. The summed E-state index contributed by atoms with van der Waals surface area (Å²) in [5.74, 6) is -2.85. The first kappa shape index (κ1) is 18.2. The summed E-state index contributed by atoms with van der Waals surface area (Å²) in [6, 6.07) is 6.97. The molecule has 136 valence electrons. The zero-order valence-electron chi connectivity index (χ0n) is 13.6. The van der Waals surface area contributed by atoms with Gasteiger partial charge in [0.1, 0.15) is 11.6 Å². The third-order valence-corrected chi connectivity index (χ3v) is 5.62. The van der Waals surface area contributed by atoms with Gasteiger partial charge in [-0.15, -0.1) is 0 Å². The highest BCUT2D eigenvalue weighted by molar-refractivity contribution is 7.89. The number of halogens is 2. The number of hydrogen-bond donors (Lipinski definition) is 1. The third kappa shape index (κ3) is 3.11. The van der Waals surface area contributed by atoms with E-state index in [9.17, 15) is 26.8 Å². The molecule has 0 fully saturated rings. The summed E-state index contributed by atoms with van der Waals surface area (Å²) in [7, 11) is -3.95. The lowest BCUT2D eigenvalue weighted by Crippen LogP contribution is -2.38. The van der Waals surface area contributed by atoms with Gasteiger partial charge in [-0.2, -0.15) is 0 Å². The van der Waals surface area contributed by atoms with E-state index in [1.807, 2.05) is 0 Å². The lowest BCUT2D eigenvalue weighted by molar-refractivity contribution is 0.0656. The van der Waals surface area contributed by atoms with E-state index < -0.39 is 33.5 Å². The first-order valence-corrected chi connectivity index (χ1v) is 9.11. The smallest absolute Gasteiger partial charge is 0.264 e. The van der Waals surface area contributed by atoms with Gasteiger partial charge in [-0.1, -0.05) is 6.07 Å². The molecule has 6 nitrogen and oxygen atoms in total. The highest BCUT2D eigenvalue weighted by Gasteiger charge is 2.37. The predicted octanol–water partition coefficient (Wildman–Crippen LogP) is 1.85. The van der Waals surface area contributed by atoms with Crippen molar-refractivity contribution in [1.29, 1.82) is 0 Å². The number of carbonyl (C=O) groups is 2. The molecule has 26 heavy (non-hydrogen) atoms. The Labute approximate surface area is 148 Å². The number of hydrogen-bond acceptors (Lipinski definition) is 4. The van der Waals surface area contributed by atoms with Crippen LogP contribution in [0.15, 0.2) is 41.3 Å². The molecule has 0 bridgehead atoms. The minimum Gasteiger partial charge on any atom is -0.273 e. The van der Waals surface area contributed by atoms with Gasteiger partial charge in [0, 0.05) is 13.1 Å². The van der Waals surface area contributed by atoms with E-state index in [1.54, 1.807) is 0 Å². The lowest BCUT2D eigenvalue weighted by atomic mass is 10.1. The van der Waals surface area contributed by atoms with Gasteiger partial charge >= 0.3 is 0 Å². The van der Waals surface area contributed by atoms with Crippen molar-refractivity contribution < 1.29 is 26.8 Å². The van der Waals surface area contributed by atoms with Crippen LogP contribution in [0.25, 0.3) is 0 Å². The number of nitrogens with one attached hydrogen (secondary N) is 1. The Hall–Kier alpha value is -2.65. The van der Waals surface area contributed by atoms with Crippen molar-refractivity contribution in [3.63, 3.8) is 0 Å². The molecular formula is C17H14F2N2O4S. The minimum absolute atomic E-state index is 0.0489. The van der Waals surface area contributed by atoms with Crippen LogP contribution < -0.4 is 4.72 Å². The number of carbonyl (C=O) groups excluding carboxylic acids is 2. The van der Waals surface area contributed by atoms with Crippen molar-refractivity contribution in [2.75, 3.05) is 13.1 Å². The van der Waals surface area contributed by atoms with Crippen LogP contribution in [0, 0.1) is 18.6 Å². The molecule has 3 rings (SSSR count). The molecule has 0 atom stereocenters. The maximum absolute atomic E-state index is 13.8. The van der Waals surface area contributed by atoms with Crippen LogP contribution in [0.2, 0.25) is 0 Å². The first-order valence-electron chi connectivity index (χ1n) is 7.63. The topological polar surface area (TPSA) is 83.6 Å². The van der Waals surface area contributed by atoms with Gasteiger partial charge in [0.05, 0.1) is 16.0 Å². The molecule has 1 aliphatic heterocycles. The predicted molar refractivity (Wildman–Crippen MR) is 88.1 cm³/mol. The van der Waals surface area contributed by atoms with Gasteiger partial charge in [0.15, 0.2) is 0 Å². The molecule has 0 aromatic heterocycles. The van der Waals surface area contributed by atoms with Gasteiger partial charge in [-0.05, 0) is 42.8 Å². The normalized spacial score (nSPS) is 14.0. The molecule has 2 aromatic carbocycles. The van der Waals surface area contributed by atoms with E-state index >= 15 is 0 Å². The van der Waals surface area contributed by atoms with Crippen LogP contribution >= 0.6 is 0 Å². The average molecular weight is 380 g/mol. The van der Waals surface area contributed by atoms with E-state index in [1.165, 1.54) is 19.1 Å². The third-order valence-electron chi connectivity index (χ3n) is 4.00. The van der Waals surface area contributed by atoms with Crippen molar-refractivity contribution in [3.05, 3.63) is 64.7 Å². The molecule has 0 radical (unpaired) electrons. The highest BCUT2D eigenvalue weighted by Crippen LogP contribution is 2.24. The Balaban J connectivity index is 1.72. The Morgan fingerprint density at radius 2 is 1.81 bits per heavy atom. The van der Waals surface area contributed by atoms with E-state index in [0.717, 1.165) is 29.2 Å². The van der Waals surface area contributed by atoms with E-state index in [2.05, 4.69) is 4.72 Å². The van der Waals surface area contributed by atoms with Crippen molar-refractivity contribution in [1.82, 2.24) is 9.62 Å². The minimum atomic E-state index is -3.95. The fraction of sp³-hybridized carbons (Fsp3) is 0.176. The number of imide groups is 1. The van der Waals surface area contributed by atoms with E-state index in [-0.39, 0.29) is 34.7 Å². The summed E-state index contributed by atoms with van der Waals surface area (Å²) >= 11 is 0. The summed E-state index contributed by atoms with van der Waals surface area (Å²) in [5, 5.41) is 0. The lowest BCUT2D eigenvalue weighted by Gasteiger charge is -2.15. The molecule has 0 saturated heterocycles. The Kier molecular flexibility index (Phi) is 4.59. The van der Waals surface area contributed by atoms with Crippen molar-refractivity contribution >= 4 is 21.8 Å². The molecule has 2 amide bonds. The average Bonchev–Trinajstić information content (AvgIpc) is 2.80. The van der Waals surface area contributed by atoms with Crippen LogP contribution in [0.5, 0.6) is 0 Å². The van der Waals surface area contributed by atoms with E-state index in [0.29, 0.717) is 0 Å². The molecule has 0 unspecified atom stereocenters. The maximum Gasteiger partial charge on any atom is 0.264 e. The quantitative estimate of drug-likeness (QED) is 0.803. The van der Waals surface area contributed by atoms with Gasteiger partial charge in [-0.25, -0.2) is 21.9 Å². The van der Waals surface area contributed by atoms with Gasteiger partial charge in [0.25, 0.3) is 11.8 Å². The number of rotatable bonds is 5. The number of amides is 2. The highest BCUT2D eigenvalue weighted by atomic mass is 32.2. The largest absolute Gasteiger partial charge is 0.273 e. The summed E-state index contributed by atoms with van der Waals surface area (Å²) in [6.45, 7) is 0.933. The number of sulfonamides is 1. The molecule has 0 saturated carbocycles. The molecule has 0 spiro atoms. The Morgan fingerprint density at radius 3 is 2.46 bits per heavy atom. The molecule has 9 heteroatoms. The zero-order chi connectivity index (χ0) is 19.1. The van der Waals surface area contributed by atoms with Gasteiger partial charge in [0.2, 0.25) is 10.0 Å². The molecular weight excluding hydrogens is 366 g/mol. The summed E-state index contributed by atoms with van der Waals surface area (Å²) < 4.78 is 53.7. The maximum atomic E-state index is 13.8. The SMILES string of the molecule is Cc1cc(F)ccc1S(=O)(=O)NCCN1C(=O)c2cccc(F)c2C1=O. The summed E-state index contributed by atoms with van der Waals surface area (Å²) in [4.78, 5) is 25.1. The monoisotopic (exact) mass is 380 g/mol.